The third-order valence-electron chi connectivity index (χ3n) is 5.38. The van der Waals surface area contributed by atoms with E-state index in [2.05, 4.69) is 4.98 Å². The molecule has 1 saturated heterocycles. The van der Waals surface area contributed by atoms with Crippen LogP contribution in [0.5, 0.6) is 5.75 Å². The zero-order chi connectivity index (χ0) is 23.5. The number of benzene rings is 2. The molecule has 9 nitrogen and oxygen atoms in total. The van der Waals surface area contributed by atoms with Crippen molar-refractivity contribution in [2.45, 2.75) is 12.6 Å². The maximum atomic E-state index is 13.0. The molecule has 166 valence electrons. The Kier molecular flexibility index (Phi) is 5.86. The van der Waals surface area contributed by atoms with Gasteiger partial charge in [0.15, 0.2) is 0 Å². The van der Waals surface area contributed by atoms with Crippen LogP contribution in [0.25, 0.3) is 5.76 Å². The van der Waals surface area contributed by atoms with Crippen LogP contribution >= 0.6 is 0 Å². The standard InChI is InChI=1S/C24H19N3O6/c1-33-19-11-7-15(8-12-19)21-20(22(28)16-5-9-18(10-6-16)27(31)32)23(29)24(30)26(21)14-17-4-2-3-13-25-17/h2-13,21,28H,14H2,1H3/b22-20-. The van der Waals surface area contributed by atoms with Gasteiger partial charge in [-0.3, -0.25) is 24.7 Å². The van der Waals surface area contributed by atoms with Gasteiger partial charge in [0.05, 0.1) is 35.9 Å². The molecule has 1 aliphatic rings. The number of carbonyl (C=O) groups is 2. The normalized spacial score (nSPS) is 17.2. The van der Waals surface area contributed by atoms with Gasteiger partial charge in [-0.05, 0) is 42.0 Å². The highest BCUT2D eigenvalue weighted by atomic mass is 16.6. The molecule has 1 N–H and O–H groups in total. The third kappa shape index (κ3) is 4.16. The average molecular weight is 445 g/mol. The van der Waals surface area contributed by atoms with E-state index in [0.717, 1.165) is 0 Å². The molecule has 33 heavy (non-hydrogen) atoms. The van der Waals surface area contributed by atoms with Crippen molar-refractivity contribution in [3.63, 3.8) is 0 Å². The fourth-order valence-corrected chi connectivity index (χ4v) is 3.74. The predicted molar refractivity (Wildman–Crippen MR) is 118 cm³/mol. The molecular formula is C24H19N3O6. The molecular weight excluding hydrogens is 426 g/mol. The maximum Gasteiger partial charge on any atom is 0.296 e. The summed E-state index contributed by atoms with van der Waals surface area (Å²) in [6.45, 7) is 0.0547. The molecule has 9 heteroatoms. The van der Waals surface area contributed by atoms with Crippen LogP contribution in [0, 0.1) is 10.1 Å². The number of methoxy groups -OCH3 is 1. The van der Waals surface area contributed by atoms with Gasteiger partial charge in [0.25, 0.3) is 17.4 Å². The van der Waals surface area contributed by atoms with Gasteiger partial charge in [-0.1, -0.05) is 18.2 Å². The zero-order valence-corrected chi connectivity index (χ0v) is 17.5. The number of nitro groups is 1. The second-order valence-corrected chi connectivity index (χ2v) is 7.33. The van der Waals surface area contributed by atoms with Crippen LogP contribution in [-0.2, 0) is 16.1 Å². The van der Waals surface area contributed by atoms with Crippen LogP contribution in [0.1, 0.15) is 22.9 Å². The molecule has 1 aliphatic heterocycles. The second-order valence-electron chi connectivity index (χ2n) is 7.33. The van der Waals surface area contributed by atoms with Crippen LogP contribution in [0.4, 0.5) is 5.69 Å². The van der Waals surface area contributed by atoms with Gasteiger partial charge in [0.1, 0.15) is 11.5 Å². The van der Waals surface area contributed by atoms with E-state index in [0.29, 0.717) is 17.0 Å². The van der Waals surface area contributed by atoms with Gasteiger partial charge in [-0.25, -0.2) is 0 Å². The van der Waals surface area contributed by atoms with E-state index in [1.807, 2.05) is 0 Å². The molecule has 2 heterocycles. The van der Waals surface area contributed by atoms with Gasteiger partial charge in [0, 0.05) is 23.9 Å². The molecule has 1 amide bonds. The number of aromatic nitrogens is 1. The first kappa shape index (κ1) is 21.7. The number of nitrogens with zero attached hydrogens (tertiary/aromatic N) is 3. The van der Waals surface area contributed by atoms with Crippen molar-refractivity contribution in [2.75, 3.05) is 7.11 Å². The van der Waals surface area contributed by atoms with E-state index in [1.165, 1.54) is 36.3 Å². The van der Waals surface area contributed by atoms with E-state index in [1.54, 1.807) is 48.7 Å². The highest BCUT2D eigenvalue weighted by Gasteiger charge is 2.46. The SMILES string of the molecule is COc1ccc(C2/C(=C(/O)c3ccc([N+](=O)[O-])cc3)C(=O)C(=O)N2Cc2ccccn2)cc1. The van der Waals surface area contributed by atoms with Gasteiger partial charge in [-0.15, -0.1) is 0 Å². The second kappa shape index (κ2) is 8.91. The number of carbonyl (C=O) groups excluding carboxylic acids is 2. The maximum absolute atomic E-state index is 13.0. The summed E-state index contributed by atoms with van der Waals surface area (Å²) in [5, 5.41) is 22.0. The molecule has 0 spiro atoms. The lowest BCUT2D eigenvalue weighted by Crippen LogP contribution is -2.29. The number of hydrogen-bond donors (Lipinski definition) is 1. The van der Waals surface area contributed by atoms with Crippen LogP contribution in [0.3, 0.4) is 0 Å². The number of rotatable bonds is 6. The van der Waals surface area contributed by atoms with Crippen molar-refractivity contribution in [3.8, 4) is 5.75 Å². The summed E-state index contributed by atoms with van der Waals surface area (Å²) in [4.78, 5) is 42.0. The fourth-order valence-electron chi connectivity index (χ4n) is 3.74. The van der Waals surface area contributed by atoms with Crippen molar-refractivity contribution in [3.05, 3.63) is 105 Å². The van der Waals surface area contributed by atoms with Crippen LogP contribution in [0.2, 0.25) is 0 Å². The lowest BCUT2D eigenvalue weighted by atomic mass is 9.95. The van der Waals surface area contributed by atoms with Crippen molar-refractivity contribution in [1.82, 2.24) is 9.88 Å². The number of aliphatic hydroxyl groups excluding tert-OH is 1. The lowest BCUT2D eigenvalue weighted by Gasteiger charge is -2.25. The summed E-state index contributed by atoms with van der Waals surface area (Å²) in [6, 6.07) is 16.3. The lowest BCUT2D eigenvalue weighted by molar-refractivity contribution is -0.384. The molecule has 0 aliphatic carbocycles. The molecule has 0 saturated carbocycles. The van der Waals surface area contributed by atoms with Crippen LogP contribution in [-0.4, -0.2) is 38.7 Å². The number of aliphatic hydroxyl groups is 1. The quantitative estimate of drug-likeness (QED) is 0.202. The Labute approximate surface area is 188 Å². The van der Waals surface area contributed by atoms with E-state index in [-0.39, 0.29) is 23.4 Å². The monoisotopic (exact) mass is 445 g/mol. The molecule has 3 aromatic rings. The van der Waals surface area contributed by atoms with Crippen LogP contribution < -0.4 is 4.74 Å². The van der Waals surface area contributed by atoms with Crippen molar-refractivity contribution >= 4 is 23.1 Å². The van der Waals surface area contributed by atoms with E-state index < -0.39 is 28.4 Å². The average Bonchev–Trinajstić information content (AvgIpc) is 3.09. The Morgan fingerprint density at radius 3 is 2.36 bits per heavy atom. The van der Waals surface area contributed by atoms with E-state index in [9.17, 15) is 24.8 Å². The number of Topliss-reactive ketones (excluding diaryl/α,β-unsaturated/α-hetero) is 1. The zero-order valence-electron chi connectivity index (χ0n) is 17.5. The molecule has 0 radical (unpaired) electrons. The topological polar surface area (TPSA) is 123 Å². The first-order valence-electron chi connectivity index (χ1n) is 9.98. The Bertz CT molecular complexity index is 1240. The van der Waals surface area contributed by atoms with Crippen molar-refractivity contribution in [1.29, 1.82) is 0 Å². The summed E-state index contributed by atoms with van der Waals surface area (Å²) in [6.07, 6.45) is 1.59. The molecule has 1 atom stereocenters. The minimum atomic E-state index is -0.881. The molecule has 4 rings (SSSR count). The first-order valence-corrected chi connectivity index (χ1v) is 9.98. The van der Waals surface area contributed by atoms with E-state index in [4.69, 9.17) is 4.74 Å². The number of non-ortho nitro benzene ring substituents is 1. The largest absolute Gasteiger partial charge is 0.507 e. The van der Waals surface area contributed by atoms with Crippen molar-refractivity contribution in [2.24, 2.45) is 0 Å². The van der Waals surface area contributed by atoms with Crippen LogP contribution in [0.15, 0.2) is 78.5 Å². The minimum Gasteiger partial charge on any atom is -0.507 e. The summed E-state index contributed by atoms with van der Waals surface area (Å²) < 4.78 is 5.20. The fraction of sp³-hybridized carbons (Fsp3) is 0.125. The van der Waals surface area contributed by atoms with Gasteiger partial charge in [0.2, 0.25) is 0 Å². The Morgan fingerprint density at radius 1 is 1.09 bits per heavy atom. The summed E-state index contributed by atoms with van der Waals surface area (Å²) in [7, 11) is 1.52. The Hall–Kier alpha value is -4.53. The first-order chi connectivity index (χ1) is 15.9. The number of likely N-dealkylation sites (tertiary alicyclic amines) is 1. The molecule has 0 bridgehead atoms. The molecule has 1 aromatic heterocycles. The summed E-state index contributed by atoms with van der Waals surface area (Å²) in [5.41, 5.74) is 1.10. The minimum absolute atomic E-state index is 0.0547. The highest BCUT2D eigenvalue weighted by molar-refractivity contribution is 6.46. The Morgan fingerprint density at radius 2 is 1.79 bits per heavy atom. The number of ether oxygens (including phenoxy) is 1. The van der Waals surface area contributed by atoms with Gasteiger partial charge < -0.3 is 14.7 Å². The summed E-state index contributed by atoms with van der Waals surface area (Å²) >= 11 is 0. The number of amides is 1. The highest BCUT2D eigenvalue weighted by Crippen LogP contribution is 2.40. The predicted octanol–water partition coefficient (Wildman–Crippen LogP) is 3.62. The molecule has 1 fully saturated rings. The summed E-state index contributed by atoms with van der Waals surface area (Å²) in [5.74, 6) is -1.43. The molecule has 1 unspecified atom stereocenters. The third-order valence-corrected chi connectivity index (χ3v) is 5.38. The number of nitro benzene ring substituents is 1. The molecule has 2 aromatic carbocycles. The van der Waals surface area contributed by atoms with Gasteiger partial charge >= 0.3 is 0 Å². The number of hydrogen-bond acceptors (Lipinski definition) is 7. The Balaban J connectivity index is 1.83. The van der Waals surface area contributed by atoms with Gasteiger partial charge in [-0.2, -0.15) is 0 Å². The van der Waals surface area contributed by atoms with Crippen molar-refractivity contribution < 1.29 is 24.4 Å². The smallest absolute Gasteiger partial charge is 0.296 e. The number of pyridine rings is 1. The number of ketones is 1. The van der Waals surface area contributed by atoms with E-state index >= 15 is 0 Å².